The van der Waals surface area contributed by atoms with Crippen molar-refractivity contribution in [1.29, 1.82) is 0 Å². The Bertz CT molecular complexity index is 1020. The Labute approximate surface area is 188 Å². The molecule has 0 bridgehead atoms. The van der Waals surface area contributed by atoms with Crippen LogP contribution in [0.25, 0.3) is 11.3 Å². The van der Waals surface area contributed by atoms with Gasteiger partial charge in [0.15, 0.2) is 0 Å². The van der Waals surface area contributed by atoms with Gasteiger partial charge in [0.25, 0.3) is 5.56 Å². The zero-order chi connectivity index (χ0) is 22.8. The van der Waals surface area contributed by atoms with Crippen molar-refractivity contribution in [2.24, 2.45) is 5.41 Å². The number of benzene rings is 1. The number of hydrogen-bond acceptors (Lipinski definition) is 4. The molecule has 2 aromatic rings. The number of aliphatic hydroxyl groups is 1. The number of aromatic nitrogens is 2. The smallest absolute Gasteiger partial charge is 0.253 e. The van der Waals surface area contributed by atoms with Crippen molar-refractivity contribution in [3.63, 3.8) is 0 Å². The Morgan fingerprint density at radius 3 is 2.44 bits per heavy atom. The first kappa shape index (κ1) is 22.6. The number of nitrogens with zero attached hydrogens (tertiary/aromatic N) is 3. The Kier molecular flexibility index (Phi) is 6.47. The number of amides is 1. The lowest BCUT2D eigenvalue weighted by molar-refractivity contribution is -0.149. The minimum absolute atomic E-state index is 0.108. The second-order valence-corrected chi connectivity index (χ2v) is 9.43. The van der Waals surface area contributed by atoms with Crippen LogP contribution in [-0.4, -0.2) is 44.2 Å². The highest BCUT2D eigenvalue weighted by atomic mass is 19.1. The monoisotopic (exact) mass is 441 g/mol. The van der Waals surface area contributed by atoms with Crippen molar-refractivity contribution in [2.45, 2.75) is 70.4 Å². The fourth-order valence-electron chi connectivity index (χ4n) is 5.24. The molecule has 1 N–H and O–H groups in total. The highest BCUT2D eigenvalue weighted by Gasteiger charge is 2.43. The summed E-state index contributed by atoms with van der Waals surface area (Å²) >= 11 is 0. The highest BCUT2D eigenvalue weighted by Crippen LogP contribution is 2.41. The zero-order valence-electron chi connectivity index (χ0n) is 18.7. The second-order valence-electron chi connectivity index (χ2n) is 9.43. The second kappa shape index (κ2) is 9.14. The lowest BCUT2D eigenvalue weighted by Gasteiger charge is -2.44. The van der Waals surface area contributed by atoms with E-state index >= 15 is 0 Å². The van der Waals surface area contributed by atoms with Crippen molar-refractivity contribution in [3.8, 4) is 11.3 Å². The van der Waals surface area contributed by atoms with E-state index in [-0.39, 0.29) is 34.7 Å². The first-order chi connectivity index (χ1) is 15.4. The summed E-state index contributed by atoms with van der Waals surface area (Å²) in [4.78, 5) is 32.1. The SMILES string of the molecule is CCC1(C(=O)N2CCC(O)(Cn3cnc(-c4ccccc4F)cc3=O)CC2)CCCCC1. The van der Waals surface area contributed by atoms with Crippen molar-refractivity contribution in [2.75, 3.05) is 13.1 Å². The van der Waals surface area contributed by atoms with Crippen LogP contribution in [0.15, 0.2) is 41.5 Å². The van der Waals surface area contributed by atoms with Crippen LogP contribution in [0.5, 0.6) is 0 Å². The summed E-state index contributed by atoms with van der Waals surface area (Å²) < 4.78 is 15.4. The van der Waals surface area contributed by atoms with Crippen LogP contribution in [0.2, 0.25) is 0 Å². The van der Waals surface area contributed by atoms with Gasteiger partial charge in [-0.3, -0.25) is 14.2 Å². The quantitative estimate of drug-likeness (QED) is 0.767. The molecule has 0 spiro atoms. The van der Waals surface area contributed by atoms with Crippen molar-refractivity contribution in [1.82, 2.24) is 14.5 Å². The van der Waals surface area contributed by atoms with E-state index in [0.29, 0.717) is 25.9 Å². The molecular formula is C25H32FN3O3. The van der Waals surface area contributed by atoms with Crippen LogP contribution in [-0.2, 0) is 11.3 Å². The number of likely N-dealkylation sites (tertiary alicyclic amines) is 1. The molecule has 32 heavy (non-hydrogen) atoms. The molecule has 4 rings (SSSR count). The summed E-state index contributed by atoms with van der Waals surface area (Å²) in [6.07, 6.45) is 8.40. The summed E-state index contributed by atoms with van der Waals surface area (Å²) in [5, 5.41) is 11.1. The van der Waals surface area contributed by atoms with E-state index in [9.17, 15) is 19.1 Å². The molecule has 1 aromatic carbocycles. The van der Waals surface area contributed by atoms with Crippen molar-refractivity contribution in [3.05, 3.63) is 52.8 Å². The Morgan fingerprint density at radius 2 is 1.81 bits per heavy atom. The summed E-state index contributed by atoms with van der Waals surface area (Å²) in [5.74, 6) is -0.203. The van der Waals surface area contributed by atoms with Crippen molar-refractivity contribution < 1.29 is 14.3 Å². The lowest BCUT2D eigenvalue weighted by atomic mass is 9.71. The largest absolute Gasteiger partial charge is 0.388 e. The fourth-order valence-corrected chi connectivity index (χ4v) is 5.24. The van der Waals surface area contributed by atoms with Gasteiger partial charge >= 0.3 is 0 Å². The normalized spacial score (nSPS) is 20.2. The summed E-state index contributed by atoms with van der Waals surface area (Å²) in [7, 11) is 0. The van der Waals surface area contributed by atoms with Gasteiger partial charge in [-0.1, -0.05) is 38.3 Å². The predicted molar refractivity (Wildman–Crippen MR) is 120 cm³/mol. The van der Waals surface area contributed by atoms with E-state index < -0.39 is 11.4 Å². The predicted octanol–water partition coefficient (Wildman–Crippen LogP) is 3.76. The molecule has 2 fully saturated rings. The average Bonchev–Trinajstić information content (AvgIpc) is 2.81. The molecule has 0 atom stereocenters. The molecule has 6 nitrogen and oxygen atoms in total. The molecule has 1 saturated carbocycles. The molecule has 1 amide bonds. The van der Waals surface area contributed by atoms with Crippen LogP contribution >= 0.6 is 0 Å². The van der Waals surface area contributed by atoms with Gasteiger partial charge < -0.3 is 10.0 Å². The number of rotatable bonds is 5. The lowest BCUT2D eigenvalue weighted by Crippen LogP contribution is -2.53. The Hall–Kier alpha value is -2.54. The highest BCUT2D eigenvalue weighted by molar-refractivity contribution is 5.83. The van der Waals surface area contributed by atoms with Gasteiger partial charge in [0.1, 0.15) is 5.82 Å². The Morgan fingerprint density at radius 1 is 1.12 bits per heavy atom. The molecule has 7 heteroatoms. The van der Waals surface area contributed by atoms with Crippen LogP contribution in [0.4, 0.5) is 4.39 Å². The van der Waals surface area contributed by atoms with Gasteiger partial charge in [0.05, 0.1) is 24.2 Å². The van der Waals surface area contributed by atoms with E-state index in [1.54, 1.807) is 18.2 Å². The van der Waals surface area contributed by atoms with Gasteiger partial charge in [-0.15, -0.1) is 0 Å². The molecule has 0 unspecified atom stereocenters. The molecule has 1 aliphatic heterocycles. The molecular weight excluding hydrogens is 409 g/mol. The van der Waals surface area contributed by atoms with Gasteiger partial charge in [-0.05, 0) is 44.2 Å². The van der Waals surface area contributed by atoms with Gasteiger partial charge in [-0.25, -0.2) is 9.37 Å². The van der Waals surface area contributed by atoms with E-state index in [2.05, 4.69) is 11.9 Å². The third-order valence-corrected chi connectivity index (χ3v) is 7.42. The third kappa shape index (κ3) is 4.49. The van der Waals surface area contributed by atoms with Crippen LogP contribution in [0.1, 0.15) is 58.3 Å². The molecule has 1 saturated heterocycles. The Balaban J connectivity index is 1.42. The number of carbonyl (C=O) groups excluding carboxylic acids is 1. The number of carbonyl (C=O) groups is 1. The topological polar surface area (TPSA) is 75.4 Å². The molecule has 0 radical (unpaired) electrons. The van der Waals surface area contributed by atoms with Crippen LogP contribution < -0.4 is 5.56 Å². The minimum atomic E-state index is -1.08. The van der Waals surface area contributed by atoms with E-state index in [4.69, 9.17) is 0 Å². The zero-order valence-corrected chi connectivity index (χ0v) is 18.7. The minimum Gasteiger partial charge on any atom is -0.388 e. The first-order valence-electron chi connectivity index (χ1n) is 11.7. The van der Waals surface area contributed by atoms with Gasteiger partial charge in [0, 0.05) is 30.1 Å². The van der Waals surface area contributed by atoms with Crippen LogP contribution in [0.3, 0.4) is 0 Å². The standard InChI is InChI=1S/C25H32FN3O3/c1-2-24(10-6-3-7-11-24)23(31)28-14-12-25(32,13-15-28)17-29-18-27-21(16-22(29)30)19-8-4-5-9-20(19)26/h4-5,8-9,16,18,32H,2-3,6-7,10-15,17H2,1H3. The molecule has 1 aliphatic carbocycles. The third-order valence-electron chi connectivity index (χ3n) is 7.42. The molecule has 172 valence electrons. The number of hydrogen-bond donors (Lipinski definition) is 1. The van der Waals surface area contributed by atoms with Gasteiger partial charge in [0.2, 0.25) is 5.91 Å². The van der Waals surface area contributed by atoms with Gasteiger partial charge in [-0.2, -0.15) is 0 Å². The average molecular weight is 442 g/mol. The summed E-state index contributed by atoms with van der Waals surface area (Å²) in [6.45, 7) is 3.20. The molecule has 2 heterocycles. The summed E-state index contributed by atoms with van der Waals surface area (Å²) in [6, 6.07) is 7.49. The van der Waals surface area contributed by atoms with E-state index in [1.165, 1.54) is 29.4 Å². The summed E-state index contributed by atoms with van der Waals surface area (Å²) in [5.41, 5.74) is -1.11. The molecule has 1 aromatic heterocycles. The maximum atomic E-state index is 14.0. The molecule has 2 aliphatic rings. The number of halogens is 1. The van der Waals surface area contributed by atoms with Crippen molar-refractivity contribution >= 4 is 5.91 Å². The van der Waals surface area contributed by atoms with E-state index in [0.717, 1.165) is 32.1 Å². The van der Waals surface area contributed by atoms with E-state index in [1.807, 2.05) is 4.90 Å². The first-order valence-corrected chi connectivity index (χ1v) is 11.7. The maximum Gasteiger partial charge on any atom is 0.253 e. The van der Waals surface area contributed by atoms with Crippen LogP contribution in [0, 0.1) is 11.2 Å². The maximum absolute atomic E-state index is 14.0. The number of piperidine rings is 1. The fraction of sp³-hybridized carbons (Fsp3) is 0.560.